The first-order valence-electron chi connectivity index (χ1n) is 7.18. The molecule has 0 saturated heterocycles. The summed E-state index contributed by atoms with van der Waals surface area (Å²) in [5.41, 5.74) is 6.74. The van der Waals surface area contributed by atoms with Crippen LogP contribution in [0.4, 0.5) is 0 Å². The molecule has 0 radical (unpaired) electrons. The molecule has 0 bridgehead atoms. The number of nitrogens with zero attached hydrogens (tertiary/aromatic N) is 1. The van der Waals surface area contributed by atoms with Gasteiger partial charge in [0.15, 0.2) is 5.11 Å². The van der Waals surface area contributed by atoms with Crippen molar-refractivity contribution >= 4 is 23.2 Å². The maximum atomic E-state index is 12.4. The summed E-state index contributed by atoms with van der Waals surface area (Å²) in [5.74, 6) is 0.0820. The maximum Gasteiger partial charge on any atom is 0.275 e. The fourth-order valence-corrected chi connectivity index (χ4v) is 2.34. The molecular weight excluding hydrogens is 312 g/mol. The second kappa shape index (κ2) is 6.78. The van der Waals surface area contributed by atoms with Gasteiger partial charge in [0.05, 0.1) is 0 Å². The van der Waals surface area contributed by atoms with E-state index < -0.39 is 0 Å². The van der Waals surface area contributed by atoms with Gasteiger partial charge in [0.1, 0.15) is 17.0 Å². The molecule has 0 aliphatic heterocycles. The standard InChI is InChI=1S/C16H20N4O2S/c1-10-12(13(20-22-10)11-8-6-5-7-9-11)14(21)18-19-15(23)17-16(2,3)4/h5-9H,1-4H3,(H,18,21)(H2,17,19,23). The number of thiocarbonyl (C=S) groups is 1. The van der Waals surface area contributed by atoms with Crippen LogP contribution in [-0.4, -0.2) is 21.7 Å². The number of hydrazine groups is 1. The van der Waals surface area contributed by atoms with Crippen LogP contribution in [0, 0.1) is 6.92 Å². The van der Waals surface area contributed by atoms with Crippen molar-refractivity contribution in [1.29, 1.82) is 0 Å². The molecule has 0 aliphatic rings. The number of nitrogens with one attached hydrogen (secondary N) is 3. The van der Waals surface area contributed by atoms with Gasteiger partial charge < -0.3 is 9.84 Å². The lowest BCUT2D eigenvalue weighted by molar-refractivity contribution is 0.0942. The molecule has 2 rings (SSSR count). The largest absolute Gasteiger partial charge is 0.360 e. The quantitative estimate of drug-likeness (QED) is 0.579. The number of rotatable bonds is 2. The van der Waals surface area contributed by atoms with Crippen molar-refractivity contribution in [2.24, 2.45) is 0 Å². The molecule has 0 spiro atoms. The van der Waals surface area contributed by atoms with Crippen molar-refractivity contribution in [3.8, 4) is 11.3 Å². The van der Waals surface area contributed by atoms with Gasteiger partial charge in [-0.1, -0.05) is 35.5 Å². The van der Waals surface area contributed by atoms with E-state index in [0.29, 0.717) is 22.1 Å². The van der Waals surface area contributed by atoms with Gasteiger partial charge in [-0.05, 0) is 39.9 Å². The topological polar surface area (TPSA) is 79.2 Å². The SMILES string of the molecule is Cc1onc(-c2ccccc2)c1C(=O)NNC(=S)NC(C)(C)C. The van der Waals surface area contributed by atoms with Crippen molar-refractivity contribution in [3.05, 3.63) is 41.7 Å². The molecule has 23 heavy (non-hydrogen) atoms. The summed E-state index contributed by atoms with van der Waals surface area (Å²) in [5, 5.41) is 7.36. The monoisotopic (exact) mass is 332 g/mol. The van der Waals surface area contributed by atoms with Gasteiger partial charge in [-0.3, -0.25) is 15.6 Å². The highest BCUT2D eigenvalue weighted by Crippen LogP contribution is 2.24. The van der Waals surface area contributed by atoms with Crippen molar-refractivity contribution in [2.45, 2.75) is 33.2 Å². The van der Waals surface area contributed by atoms with Gasteiger partial charge in [-0.2, -0.15) is 0 Å². The van der Waals surface area contributed by atoms with Crippen LogP contribution in [0.5, 0.6) is 0 Å². The van der Waals surface area contributed by atoms with Crippen molar-refractivity contribution < 1.29 is 9.32 Å². The van der Waals surface area contributed by atoms with Crippen LogP contribution in [0.3, 0.4) is 0 Å². The van der Waals surface area contributed by atoms with Crippen molar-refractivity contribution in [3.63, 3.8) is 0 Å². The van der Waals surface area contributed by atoms with Gasteiger partial charge in [0.25, 0.3) is 5.91 Å². The molecule has 122 valence electrons. The van der Waals surface area contributed by atoms with E-state index in [1.807, 2.05) is 51.1 Å². The Balaban J connectivity index is 2.12. The van der Waals surface area contributed by atoms with Crippen molar-refractivity contribution in [1.82, 2.24) is 21.3 Å². The molecule has 1 heterocycles. The van der Waals surface area contributed by atoms with Crippen LogP contribution in [0.1, 0.15) is 36.9 Å². The molecule has 0 saturated carbocycles. The Kier molecular flexibility index (Phi) is 5.00. The Morgan fingerprint density at radius 1 is 1.17 bits per heavy atom. The number of amides is 1. The molecule has 1 aromatic carbocycles. The lowest BCUT2D eigenvalue weighted by Crippen LogP contribution is -2.52. The van der Waals surface area contributed by atoms with Gasteiger partial charge in [0, 0.05) is 11.1 Å². The summed E-state index contributed by atoms with van der Waals surface area (Å²) in [6.07, 6.45) is 0. The van der Waals surface area contributed by atoms with Crippen LogP contribution >= 0.6 is 12.2 Å². The van der Waals surface area contributed by atoms with Crippen LogP contribution in [0.15, 0.2) is 34.9 Å². The normalized spacial score (nSPS) is 11.0. The third kappa shape index (κ3) is 4.53. The summed E-state index contributed by atoms with van der Waals surface area (Å²) in [7, 11) is 0. The molecule has 0 fully saturated rings. The highest BCUT2D eigenvalue weighted by molar-refractivity contribution is 7.80. The molecule has 3 N–H and O–H groups in total. The molecular formula is C16H20N4O2S. The average Bonchev–Trinajstić information content (AvgIpc) is 2.86. The minimum Gasteiger partial charge on any atom is -0.360 e. The second-order valence-electron chi connectivity index (χ2n) is 6.11. The van der Waals surface area contributed by atoms with Crippen molar-refractivity contribution in [2.75, 3.05) is 0 Å². The van der Waals surface area contributed by atoms with E-state index in [1.54, 1.807) is 6.92 Å². The Morgan fingerprint density at radius 3 is 2.43 bits per heavy atom. The van der Waals surface area contributed by atoms with E-state index in [0.717, 1.165) is 5.56 Å². The number of carbonyl (C=O) groups excluding carboxylic acids is 1. The maximum absolute atomic E-state index is 12.4. The summed E-state index contributed by atoms with van der Waals surface area (Å²) >= 11 is 5.13. The van der Waals surface area contributed by atoms with Crippen LogP contribution < -0.4 is 16.2 Å². The molecule has 7 heteroatoms. The third-order valence-electron chi connectivity index (χ3n) is 2.92. The third-order valence-corrected chi connectivity index (χ3v) is 3.12. The highest BCUT2D eigenvalue weighted by Gasteiger charge is 2.21. The Hall–Kier alpha value is -2.41. The molecule has 1 aromatic heterocycles. The Labute approximate surface area is 140 Å². The molecule has 0 aliphatic carbocycles. The van der Waals surface area contributed by atoms with E-state index in [2.05, 4.69) is 21.3 Å². The predicted molar refractivity (Wildman–Crippen MR) is 92.8 cm³/mol. The lowest BCUT2D eigenvalue weighted by Gasteiger charge is -2.23. The summed E-state index contributed by atoms with van der Waals surface area (Å²) in [6.45, 7) is 7.61. The molecule has 0 atom stereocenters. The molecule has 1 amide bonds. The van der Waals surface area contributed by atoms with Gasteiger partial charge >= 0.3 is 0 Å². The van der Waals surface area contributed by atoms with E-state index >= 15 is 0 Å². The fraction of sp³-hybridized carbons (Fsp3) is 0.312. The molecule has 2 aromatic rings. The van der Waals surface area contributed by atoms with E-state index in [-0.39, 0.29) is 11.4 Å². The van der Waals surface area contributed by atoms with Gasteiger partial charge in [-0.15, -0.1) is 0 Å². The van der Waals surface area contributed by atoms with Crippen LogP contribution in [0.25, 0.3) is 11.3 Å². The zero-order chi connectivity index (χ0) is 17.0. The Bertz CT molecular complexity index is 705. The minimum atomic E-state index is -0.360. The highest BCUT2D eigenvalue weighted by atomic mass is 32.1. The first kappa shape index (κ1) is 17.0. The first-order valence-corrected chi connectivity index (χ1v) is 7.59. The summed E-state index contributed by atoms with van der Waals surface area (Å²) < 4.78 is 5.17. The number of benzene rings is 1. The number of carbonyl (C=O) groups is 1. The molecule has 6 nitrogen and oxygen atoms in total. The number of hydrogen-bond acceptors (Lipinski definition) is 4. The number of hydrogen-bond donors (Lipinski definition) is 3. The van der Waals surface area contributed by atoms with Crippen LogP contribution in [-0.2, 0) is 0 Å². The lowest BCUT2D eigenvalue weighted by atomic mass is 10.1. The zero-order valence-electron chi connectivity index (χ0n) is 13.6. The van der Waals surface area contributed by atoms with Crippen LogP contribution in [0.2, 0.25) is 0 Å². The van der Waals surface area contributed by atoms with E-state index in [4.69, 9.17) is 16.7 Å². The second-order valence-corrected chi connectivity index (χ2v) is 6.52. The summed E-state index contributed by atoms with van der Waals surface area (Å²) in [4.78, 5) is 12.4. The first-order chi connectivity index (χ1) is 10.8. The van der Waals surface area contributed by atoms with E-state index in [9.17, 15) is 4.79 Å². The predicted octanol–water partition coefficient (Wildman–Crippen LogP) is 2.56. The Morgan fingerprint density at radius 2 is 1.83 bits per heavy atom. The summed E-state index contributed by atoms with van der Waals surface area (Å²) in [6, 6.07) is 9.39. The zero-order valence-corrected chi connectivity index (χ0v) is 14.4. The average molecular weight is 332 g/mol. The van der Waals surface area contributed by atoms with E-state index in [1.165, 1.54) is 0 Å². The number of aromatic nitrogens is 1. The smallest absolute Gasteiger partial charge is 0.275 e. The molecule has 0 unspecified atom stereocenters. The van der Waals surface area contributed by atoms with Gasteiger partial charge in [0.2, 0.25) is 0 Å². The minimum absolute atomic E-state index is 0.197. The fourth-order valence-electron chi connectivity index (χ4n) is 1.98. The number of aryl methyl sites for hydroxylation is 1. The van der Waals surface area contributed by atoms with Gasteiger partial charge in [-0.25, -0.2) is 0 Å².